The lowest BCUT2D eigenvalue weighted by Crippen LogP contribution is -2.18. The first kappa shape index (κ1) is 13.8. The highest BCUT2D eigenvalue weighted by Gasteiger charge is 2.07. The molecule has 1 unspecified atom stereocenters. The predicted octanol–water partition coefficient (Wildman–Crippen LogP) is 3.53. The highest BCUT2D eigenvalue weighted by atomic mass is 15.1. The van der Waals surface area contributed by atoms with Gasteiger partial charge in [0, 0.05) is 26.3 Å². The molecule has 17 heavy (non-hydrogen) atoms. The second kappa shape index (κ2) is 7.15. The minimum Gasteiger partial charge on any atom is -0.380 e. The largest absolute Gasteiger partial charge is 0.380 e. The van der Waals surface area contributed by atoms with E-state index in [4.69, 9.17) is 0 Å². The van der Waals surface area contributed by atoms with E-state index in [0.717, 1.165) is 5.69 Å². The van der Waals surface area contributed by atoms with Crippen molar-refractivity contribution in [2.45, 2.75) is 45.6 Å². The quantitative estimate of drug-likeness (QED) is 0.733. The van der Waals surface area contributed by atoms with E-state index in [1.54, 1.807) is 0 Å². The maximum Gasteiger partial charge on any atom is 0.0766 e. The van der Waals surface area contributed by atoms with Crippen molar-refractivity contribution >= 4 is 11.4 Å². The smallest absolute Gasteiger partial charge is 0.0766 e. The zero-order chi connectivity index (χ0) is 12.7. The van der Waals surface area contributed by atoms with E-state index in [1.165, 1.54) is 31.4 Å². The second-order valence-electron chi connectivity index (χ2n) is 4.83. The zero-order valence-corrected chi connectivity index (χ0v) is 11.5. The van der Waals surface area contributed by atoms with Crippen LogP contribution in [0.5, 0.6) is 0 Å². The van der Waals surface area contributed by atoms with Gasteiger partial charge < -0.3 is 10.2 Å². The van der Waals surface area contributed by atoms with Crippen LogP contribution in [0.15, 0.2) is 18.5 Å². The summed E-state index contributed by atoms with van der Waals surface area (Å²) < 4.78 is 0. The standard InChI is InChI=1S/C14H25N3/c1-5-6-7-8-12(2)16-13-11-15-10-9-14(13)17(3)4/h9-12,16H,5-8H2,1-4H3. The highest BCUT2D eigenvalue weighted by molar-refractivity contribution is 5.68. The molecule has 3 nitrogen and oxygen atoms in total. The number of anilines is 2. The Morgan fingerprint density at radius 3 is 2.76 bits per heavy atom. The van der Waals surface area contributed by atoms with Crippen LogP contribution in [-0.4, -0.2) is 25.1 Å². The van der Waals surface area contributed by atoms with Crippen LogP contribution in [0.2, 0.25) is 0 Å². The fourth-order valence-electron chi connectivity index (χ4n) is 1.93. The first-order valence-corrected chi connectivity index (χ1v) is 6.53. The van der Waals surface area contributed by atoms with Crippen molar-refractivity contribution < 1.29 is 0 Å². The van der Waals surface area contributed by atoms with Crippen LogP contribution in [0, 0.1) is 0 Å². The van der Waals surface area contributed by atoms with Crippen LogP contribution in [-0.2, 0) is 0 Å². The topological polar surface area (TPSA) is 28.2 Å². The van der Waals surface area contributed by atoms with E-state index in [2.05, 4.69) is 43.1 Å². The van der Waals surface area contributed by atoms with Crippen molar-refractivity contribution in [3.8, 4) is 0 Å². The molecule has 96 valence electrons. The number of hydrogen-bond acceptors (Lipinski definition) is 3. The van der Waals surface area contributed by atoms with Gasteiger partial charge in [-0.1, -0.05) is 26.2 Å². The number of hydrogen-bond donors (Lipinski definition) is 1. The van der Waals surface area contributed by atoms with E-state index >= 15 is 0 Å². The van der Waals surface area contributed by atoms with Crippen molar-refractivity contribution in [2.75, 3.05) is 24.3 Å². The molecule has 0 aliphatic rings. The minimum atomic E-state index is 0.504. The third-order valence-electron chi connectivity index (χ3n) is 2.92. The minimum absolute atomic E-state index is 0.504. The van der Waals surface area contributed by atoms with Gasteiger partial charge in [0.15, 0.2) is 0 Å². The Morgan fingerprint density at radius 1 is 1.35 bits per heavy atom. The summed E-state index contributed by atoms with van der Waals surface area (Å²) in [4.78, 5) is 6.30. The van der Waals surface area contributed by atoms with Crippen LogP contribution < -0.4 is 10.2 Å². The molecule has 1 aromatic heterocycles. The van der Waals surface area contributed by atoms with Gasteiger partial charge in [-0.25, -0.2) is 0 Å². The normalized spacial score (nSPS) is 12.2. The van der Waals surface area contributed by atoms with Gasteiger partial charge in [0.25, 0.3) is 0 Å². The summed E-state index contributed by atoms with van der Waals surface area (Å²) in [5.41, 5.74) is 2.32. The Balaban J connectivity index is 2.55. The molecule has 0 aliphatic carbocycles. The Bertz CT molecular complexity index is 323. The monoisotopic (exact) mass is 235 g/mol. The molecular weight excluding hydrogens is 210 g/mol. The van der Waals surface area contributed by atoms with Crippen molar-refractivity contribution in [1.29, 1.82) is 0 Å². The molecule has 1 aromatic rings. The lowest BCUT2D eigenvalue weighted by atomic mass is 10.1. The molecule has 0 radical (unpaired) electrons. The van der Waals surface area contributed by atoms with Gasteiger partial charge in [-0.15, -0.1) is 0 Å². The van der Waals surface area contributed by atoms with Crippen LogP contribution >= 0.6 is 0 Å². The Hall–Kier alpha value is -1.25. The van der Waals surface area contributed by atoms with Gasteiger partial charge in [0.2, 0.25) is 0 Å². The second-order valence-corrected chi connectivity index (χ2v) is 4.83. The number of pyridine rings is 1. The molecule has 0 saturated carbocycles. The van der Waals surface area contributed by atoms with Gasteiger partial charge in [-0.05, 0) is 19.4 Å². The van der Waals surface area contributed by atoms with E-state index in [9.17, 15) is 0 Å². The number of aromatic nitrogens is 1. The summed E-state index contributed by atoms with van der Waals surface area (Å²) in [7, 11) is 4.12. The van der Waals surface area contributed by atoms with E-state index in [0.29, 0.717) is 6.04 Å². The third kappa shape index (κ3) is 4.63. The molecule has 1 rings (SSSR count). The molecule has 0 fully saturated rings. The summed E-state index contributed by atoms with van der Waals surface area (Å²) in [5, 5.41) is 3.55. The SMILES string of the molecule is CCCCCC(C)Nc1cnccc1N(C)C. The number of nitrogens with zero attached hydrogens (tertiary/aromatic N) is 2. The molecule has 1 N–H and O–H groups in total. The zero-order valence-electron chi connectivity index (χ0n) is 11.5. The Morgan fingerprint density at radius 2 is 2.12 bits per heavy atom. The molecular formula is C14H25N3. The molecule has 0 aromatic carbocycles. The van der Waals surface area contributed by atoms with Crippen LogP contribution in [0.4, 0.5) is 11.4 Å². The maximum atomic E-state index is 4.19. The lowest BCUT2D eigenvalue weighted by Gasteiger charge is -2.21. The van der Waals surface area contributed by atoms with Gasteiger partial charge >= 0.3 is 0 Å². The maximum absolute atomic E-state index is 4.19. The lowest BCUT2D eigenvalue weighted by molar-refractivity contribution is 0.615. The molecule has 0 aliphatic heterocycles. The molecule has 0 spiro atoms. The average Bonchev–Trinajstić information content (AvgIpc) is 2.29. The summed E-state index contributed by atoms with van der Waals surface area (Å²) in [5.74, 6) is 0. The van der Waals surface area contributed by atoms with Gasteiger partial charge in [0.1, 0.15) is 0 Å². The van der Waals surface area contributed by atoms with E-state index in [1.807, 2.05) is 18.5 Å². The van der Waals surface area contributed by atoms with E-state index < -0.39 is 0 Å². The molecule has 0 bridgehead atoms. The molecule has 0 saturated heterocycles. The number of nitrogens with one attached hydrogen (secondary N) is 1. The summed E-state index contributed by atoms with van der Waals surface area (Å²) in [6, 6.07) is 2.55. The Kier molecular flexibility index (Phi) is 5.81. The third-order valence-corrected chi connectivity index (χ3v) is 2.92. The van der Waals surface area contributed by atoms with Crippen molar-refractivity contribution in [3.63, 3.8) is 0 Å². The average molecular weight is 235 g/mol. The molecule has 1 heterocycles. The fourth-order valence-corrected chi connectivity index (χ4v) is 1.93. The summed E-state index contributed by atoms with van der Waals surface area (Å²) in [6.07, 6.45) is 8.86. The van der Waals surface area contributed by atoms with Gasteiger partial charge in [-0.3, -0.25) is 4.98 Å². The summed E-state index contributed by atoms with van der Waals surface area (Å²) in [6.45, 7) is 4.48. The van der Waals surface area contributed by atoms with Crippen LogP contribution in [0.25, 0.3) is 0 Å². The fraction of sp³-hybridized carbons (Fsp3) is 0.643. The van der Waals surface area contributed by atoms with Crippen LogP contribution in [0.1, 0.15) is 39.5 Å². The number of unbranched alkanes of at least 4 members (excludes halogenated alkanes) is 2. The van der Waals surface area contributed by atoms with Crippen LogP contribution in [0.3, 0.4) is 0 Å². The van der Waals surface area contributed by atoms with Crippen molar-refractivity contribution in [1.82, 2.24) is 4.98 Å². The number of rotatable bonds is 7. The van der Waals surface area contributed by atoms with E-state index in [-0.39, 0.29) is 0 Å². The Labute approximate surface area is 105 Å². The summed E-state index contributed by atoms with van der Waals surface area (Å²) >= 11 is 0. The molecule has 1 atom stereocenters. The molecule has 3 heteroatoms. The van der Waals surface area contributed by atoms with Crippen molar-refractivity contribution in [3.05, 3.63) is 18.5 Å². The first-order valence-electron chi connectivity index (χ1n) is 6.53. The van der Waals surface area contributed by atoms with Gasteiger partial charge in [0.05, 0.1) is 17.6 Å². The highest BCUT2D eigenvalue weighted by Crippen LogP contribution is 2.23. The predicted molar refractivity (Wildman–Crippen MR) is 75.8 cm³/mol. The molecule has 0 amide bonds. The first-order chi connectivity index (χ1) is 8.15. The van der Waals surface area contributed by atoms with Crippen molar-refractivity contribution in [2.24, 2.45) is 0 Å². The van der Waals surface area contributed by atoms with Gasteiger partial charge in [-0.2, -0.15) is 0 Å².